The molecule has 8 heteroatoms. The van der Waals surface area contributed by atoms with Crippen molar-refractivity contribution in [3.8, 4) is 0 Å². The van der Waals surface area contributed by atoms with Crippen molar-refractivity contribution < 1.29 is 9.72 Å². The highest BCUT2D eigenvalue weighted by atomic mass is 16.6. The zero-order valence-corrected chi connectivity index (χ0v) is 13.8. The minimum atomic E-state index is -0.499. The monoisotopic (exact) mass is 323 g/mol. The van der Waals surface area contributed by atoms with Crippen molar-refractivity contribution in [2.24, 2.45) is 5.92 Å². The molecule has 128 valence electrons. The molecule has 0 radical (unpaired) electrons. The van der Waals surface area contributed by atoms with Gasteiger partial charge in [0.25, 0.3) is 5.91 Å². The molecule has 1 aromatic heterocycles. The minimum Gasteiger partial charge on any atom is -0.337 e. The number of aryl methyl sites for hydroxylation is 1. The van der Waals surface area contributed by atoms with Crippen LogP contribution in [0.25, 0.3) is 0 Å². The zero-order valence-electron chi connectivity index (χ0n) is 13.8. The van der Waals surface area contributed by atoms with Crippen LogP contribution in [0.3, 0.4) is 0 Å². The summed E-state index contributed by atoms with van der Waals surface area (Å²) < 4.78 is 0. The van der Waals surface area contributed by atoms with Crippen molar-refractivity contribution >= 4 is 11.6 Å². The fraction of sp³-hybridized carbons (Fsp3) is 0.733. The third kappa shape index (κ3) is 4.07. The number of nitrogens with one attached hydrogen (secondary N) is 2. The van der Waals surface area contributed by atoms with E-state index in [1.165, 1.54) is 0 Å². The van der Waals surface area contributed by atoms with Crippen molar-refractivity contribution in [2.75, 3.05) is 26.7 Å². The van der Waals surface area contributed by atoms with Crippen molar-refractivity contribution in [1.82, 2.24) is 20.4 Å². The van der Waals surface area contributed by atoms with E-state index in [9.17, 15) is 14.9 Å². The van der Waals surface area contributed by atoms with Gasteiger partial charge in [-0.1, -0.05) is 13.3 Å². The Morgan fingerprint density at radius 3 is 2.74 bits per heavy atom. The molecule has 0 unspecified atom stereocenters. The number of carbonyl (C=O) groups excluding carboxylic acids is 1. The number of rotatable bonds is 7. The molecule has 0 atom stereocenters. The summed E-state index contributed by atoms with van der Waals surface area (Å²) in [5, 5.41) is 21.0. The predicted molar refractivity (Wildman–Crippen MR) is 86.4 cm³/mol. The lowest BCUT2D eigenvalue weighted by Gasteiger charge is -2.31. The second-order valence-corrected chi connectivity index (χ2v) is 6.03. The van der Waals surface area contributed by atoms with Gasteiger partial charge in [-0.2, -0.15) is 5.10 Å². The first kappa shape index (κ1) is 17.4. The number of hydrogen-bond donors (Lipinski definition) is 2. The second-order valence-electron chi connectivity index (χ2n) is 6.03. The first-order valence-electron chi connectivity index (χ1n) is 8.24. The number of hydrogen-bond acceptors (Lipinski definition) is 5. The lowest BCUT2D eigenvalue weighted by atomic mass is 9.93. The van der Waals surface area contributed by atoms with Crippen LogP contribution in [0.1, 0.15) is 48.8 Å². The normalized spacial score (nSPS) is 15.8. The Balaban J connectivity index is 2.05. The molecule has 1 fully saturated rings. The molecule has 23 heavy (non-hydrogen) atoms. The van der Waals surface area contributed by atoms with Crippen LogP contribution in [-0.2, 0) is 6.42 Å². The molecule has 2 heterocycles. The number of amides is 1. The SMILES string of the molecule is CCCc1[nH]nc(C(=O)N2CCC(CCNC)CC2)c1[N+](=O)[O-]. The molecule has 0 bridgehead atoms. The third-order valence-electron chi connectivity index (χ3n) is 4.40. The van der Waals surface area contributed by atoms with E-state index < -0.39 is 4.92 Å². The van der Waals surface area contributed by atoms with Crippen molar-refractivity contribution in [3.05, 3.63) is 21.5 Å². The number of piperidine rings is 1. The van der Waals surface area contributed by atoms with E-state index in [4.69, 9.17) is 0 Å². The first-order valence-corrected chi connectivity index (χ1v) is 8.24. The van der Waals surface area contributed by atoms with Gasteiger partial charge in [-0.05, 0) is 45.2 Å². The van der Waals surface area contributed by atoms with E-state index in [-0.39, 0.29) is 17.3 Å². The second kappa shape index (κ2) is 8.05. The van der Waals surface area contributed by atoms with Crippen LogP contribution < -0.4 is 5.32 Å². The van der Waals surface area contributed by atoms with Crippen LogP contribution in [0.4, 0.5) is 5.69 Å². The lowest BCUT2D eigenvalue weighted by Crippen LogP contribution is -2.39. The van der Waals surface area contributed by atoms with Gasteiger partial charge in [-0.25, -0.2) is 0 Å². The highest BCUT2D eigenvalue weighted by Crippen LogP contribution is 2.26. The summed E-state index contributed by atoms with van der Waals surface area (Å²) in [4.78, 5) is 25.1. The van der Waals surface area contributed by atoms with E-state index in [2.05, 4.69) is 15.5 Å². The van der Waals surface area contributed by atoms with Crippen LogP contribution in [0.15, 0.2) is 0 Å². The molecule has 2 rings (SSSR count). The summed E-state index contributed by atoms with van der Waals surface area (Å²) in [5.41, 5.74) is 0.228. The molecule has 2 N–H and O–H groups in total. The standard InChI is InChI=1S/C15H25N5O3/c1-3-4-12-14(20(22)23)13(18-17-12)15(21)19-9-6-11(7-10-19)5-8-16-2/h11,16H,3-10H2,1-2H3,(H,17,18). The maximum atomic E-state index is 12.6. The molecule has 0 saturated carbocycles. The number of aromatic amines is 1. The van der Waals surface area contributed by atoms with Crippen LogP contribution in [-0.4, -0.2) is 52.6 Å². The van der Waals surface area contributed by atoms with Crippen LogP contribution in [0.2, 0.25) is 0 Å². The van der Waals surface area contributed by atoms with Crippen molar-refractivity contribution in [2.45, 2.75) is 39.0 Å². The van der Waals surface area contributed by atoms with Gasteiger partial charge in [0.1, 0.15) is 5.69 Å². The summed E-state index contributed by atoms with van der Waals surface area (Å²) in [6.07, 6.45) is 4.25. The number of H-pyrrole nitrogens is 1. The Kier molecular flexibility index (Phi) is 6.09. The fourth-order valence-electron chi connectivity index (χ4n) is 3.07. The summed E-state index contributed by atoms with van der Waals surface area (Å²) in [6.45, 7) is 4.19. The predicted octanol–water partition coefficient (Wildman–Crippen LogP) is 1.73. The van der Waals surface area contributed by atoms with Crippen molar-refractivity contribution in [1.29, 1.82) is 0 Å². The number of nitro groups is 1. The van der Waals surface area contributed by atoms with Gasteiger partial charge in [0.05, 0.1) is 4.92 Å². The largest absolute Gasteiger partial charge is 0.337 e. The van der Waals surface area contributed by atoms with E-state index in [1.54, 1.807) is 4.90 Å². The average molecular weight is 323 g/mol. The average Bonchev–Trinajstić information content (AvgIpc) is 2.97. The molecule has 1 aliphatic rings. The number of nitrogens with zero attached hydrogens (tertiary/aromatic N) is 3. The van der Waals surface area contributed by atoms with Gasteiger partial charge in [0.15, 0.2) is 0 Å². The Bertz CT molecular complexity index is 549. The van der Waals surface area contributed by atoms with Crippen LogP contribution >= 0.6 is 0 Å². The Morgan fingerprint density at radius 2 is 2.17 bits per heavy atom. The first-order chi connectivity index (χ1) is 11.1. The van der Waals surface area contributed by atoms with Gasteiger partial charge in [0, 0.05) is 13.1 Å². The molecule has 0 aromatic carbocycles. The van der Waals surface area contributed by atoms with Gasteiger partial charge >= 0.3 is 5.69 Å². The van der Waals surface area contributed by atoms with Gasteiger partial charge < -0.3 is 10.2 Å². The molecule has 1 saturated heterocycles. The van der Waals surface area contributed by atoms with Crippen LogP contribution in [0.5, 0.6) is 0 Å². The van der Waals surface area contributed by atoms with E-state index >= 15 is 0 Å². The third-order valence-corrected chi connectivity index (χ3v) is 4.40. The molecule has 1 amide bonds. The van der Waals surface area contributed by atoms with E-state index in [0.29, 0.717) is 31.1 Å². The van der Waals surface area contributed by atoms with E-state index in [1.807, 2.05) is 14.0 Å². The van der Waals surface area contributed by atoms with Gasteiger partial charge in [-0.15, -0.1) is 0 Å². The fourth-order valence-corrected chi connectivity index (χ4v) is 3.07. The maximum Gasteiger partial charge on any atom is 0.322 e. The molecule has 1 aromatic rings. The Hall–Kier alpha value is -1.96. The highest BCUT2D eigenvalue weighted by molar-refractivity contribution is 5.96. The Labute approximate surface area is 135 Å². The zero-order chi connectivity index (χ0) is 16.8. The molecule has 1 aliphatic heterocycles. The number of aromatic nitrogens is 2. The topological polar surface area (TPSA) is 104 Å². The smallest absolute Gasteiger partial charge is 0.322 e. The number of likely N-dealkylation sites (tertiary alicyclic amines) is 1. The summed E-state index contributed by atoms with van der Waals surface area (Å²) in [7, 11) is 1.93. The molecule has 8 nitrogen and oxygen atoms in total. The van der Waals surface area contributed by atoms with Gasteiger partial charge in [0.2, 0.25) is 5.69 Å². The lowest BCUT2D eigenvalue weighted by molar-refractivity contribution is -0.385. The van der Waals surface area contributed by atoms with E-state index in [0.717, 1.165) is 32.2 Å². The van der Waals surface area contributed by atoms with Crippen LogP contribution in [0, 0.1) is 16.0 Å². The Morgan fingerprint density at radius 1 is 1.48 bits per heavy atom. The van der Waals surface area contributed by atoms with Gasteiger partial charge in [-0.3, -0.25) is 20.0 Å². The minimum absolute atomic E-state index is 0.0490. The molecule has 0 aliphatic carbocycles. The molecular formula is C15H25N5O3. The summed E-state index contributed by atoms with van der Waals surface area (Å²) >= 11 is 0. The molecular weight excluding hydrogens is 298 g/mol. The quantitative estimate of drug-likeness (QED) is 0.587. The number of carbonyl (C=O) groups is 1. The highest BCUT2D eigenvalue weighted by Gasteiger charge is 2.33. The summed E-state index contributed by atoms with van der Waals surface area (Å²) in [5.74, 6) is 0.277. The maximum absolute atomic E-state index is 12.6. The molecule has 0 spiro atoms. The van der Waals surface area contributed by atoms with Crippen molar-refractivity contribution in [3.63, 3.8) is 0 Å². The summed E-state index contributed by atoms with van der Waals surface area (Å²) in [6, 6.07) is 0.